The normalized spacial score (nSPS) is 22.9. The molecule has 0 radical (unpaired) electrons. The first-order valence-electron chi connectivity index (χ1n) is 5.99. The number of carboxylic acids is 1. The van der Waals surface area contributed by atoms with Crippen molar-refractivity contribution in [1.82, 2.24) is 4.90 Å². The Bertz CT molecular complexity index is 566. The molecule has 2 rings (SSSR count). The largest absolute Gasteiger partial charge is 0.480 e. The van der Waals surface area contributed by atoms with E-state index < -0.39 is 16.4 Å². The number of carboxylic acid groups (broad SMARTS) is 1. The fourth-order valence-corrected chi connectivity index (χ4v) is 2.47. The van der Waals surface area contributed by atoms with Crippen molar-refractivity contribution in [1.29, 1.82) is 0 Å². The lowest BCUT2D eigenvalue weighted by molar-refractivity contribution is -0.384. The second-order valence-electron chi connectivity index (χ2n) is 4.96. The standard InChI is InChI=1S/C12H14ClN3O4/c13-9-2-1-8(5-10(9)16(19)20)6-15-4-3-12(14,7-15)11(17)18/h1-2,5H,3-4,6-7,14H2,(H,17,18). The number of nitrogens with two attached hydrogens (primary N) is 1. The molecule has 1 aliphatic rings. The van der Waals surface area contributed by atoms with Crippen LogP contribution in [0.3, 0.4) is 0 Å². The maximum atomic E-state index is 11.1. The van der Waals surface area contributed by atoms with Crippen LogP contribution in [0.25, 0.3) is 0 Å². The van der Waals surface area contributed by atoms with Crippen LogP contribution in [-0.4, -0.2) is 39.5 Å². The van der Waals surface area contributed by atoms with Gasteiger partial charge in [0, 0.05) is 25.7 Å². The highest BCUT2D eigenvalue weighted by molar-refractivity contribution is 6.32. The molecule has 0 amide bonds. The summed E-state index contributed by atoms with van der Waals surface area (Å²) in [5.74, 6) is -1.03. The Hall–Kier alpha value is -1.70. The Morgan fingerprint density at radius 1 is 1.60 bits per heavy atom. The molecular weight excluding hydrogens is 286 g/mol. The number of aliphatic carboxylic acids is 1. The summed E-state index contributed by atoms with van der Waals surface area (Å²) < 4.78 is 0. The summed E-state index contributed by atoms with van der Waals surface area (Å²) in [6, 6.07) is 4.56. The van der Waals surface area contributed by atoms with Crippen LogP contribution < -0.4 is 5.73 Å². The number of nitrogens with zero attached hydrogens (tertiary/aromatic N) is 2. The molecule has 0 bridgehead atoms. The minimum atomic E-state index is -1.24. The van der Waals surface area contributed by atoms with Gasteiger partial charge in [-0.25, -0.2) is 0 Å². The van der Waals surface area contributed by atoms with E-state index in [0.717, 1.165) is 0 Å². The second kappa shape index (κ2) is 5.35. The molecule has 0 aromatic heterocycles. The average Bonchev–Trinajstić information content (AvgIpc) is 2.74. The van der Waals surface area contributed by atoms with Gasteiger partial charge in [0.05, 0.1) is 4.92 Å². The minimum absolute atomic E-state index is 0.0823. The maximum absolute atomic E-state index is 11.1. The average molecular weight is 300 g/mol. The van der Waals surface area contributed by atoms with Crippen LogP contribution in [0.4, 0.5) is 5.69 Å². The van der Waals surface area contributed by atoms with Gasteiger partial charge in [-0.3, -0.25) is 19.8 Å². The lowest BCUT2D eigenvalue weighted by Crippen LogP contribution is -2.50. The van der Waals surface area contributed by atoms with Crippen molar-refractivity contribution in [2.75, 3.05) is 13.1 Å². The topological polar surface area (TPSA) is 110 Å². The van der Waals surface area contributed by atoms with Crippen LogP contribution in [0, 0.1) is 10.1 Å². The third-order valence-corrected chi connectivity index (χ3v) is 3.74. The Morgan fingerprint density at radius 3 is 2.85 bits per heavy atom. The number of hydrogen-bond acceptors (Lipinski definition) is 5. The molecule has 8 heteroatoms. The molecule has 1 unspecified atom stereocenters. The monoisotopic (exact) mass is 299 g/mol. The molecule has 1 aromatic rings. The van der Waals surface area contributed by atoms with E-state index in [1.54, 1.807) is 6.07 Å². The van der Waals surface area contributed by atoms with Gasteiger partial charge in [-0.05, 0) is 18.1 Å². The van der Waals surface area contributed by atoms with Crippen LogP contribution in [0.1, 0.15) is 12.0 Å². The first-order valence-corrected chi connectivity index (χ1v) is 6.37. The van der Waals surface area contributed by atoms with Crippen molar-refractivity contribution in [2.24, 2.45) is 5.73 Å². The summed E-state index contributed by atoms with van der Waals surface area (Å²) in [5.41, 5.74) is 5.09. The summed E-state index contributed by atoms with van der Waals surface area (Å²) in [6.45, 7) is 1.17. The van der Waals surface area contributed by atoms with Gasteiger partial charge in [-0.15, -0.1) is 0 Å². The van der Waals surface area contributed by atoms with Crippen LogP contribution in [0.5, 0.6) is 0 Å². The van der Waals surface area contributed by atoms with Crippen LogP contribution in [-0.2, 0) is 11.3 Å². The second-order valence-corrected chi connectivity index (χ2v) is 5.37. The molecule has 1 fully saturated rings. The number of nitro benzene ring substituents is 1. The molecule has 3 N–H and O–H groups in total. The molecular formula is C12H14ClN3O4. The van der Waals surface area contributed by atoms with Crippen LogP contribution in [0.2, 0.25) is 5.02 Å². The Balaban J connectivity index is 2.11. The van der Waals surface area contributed by atoms with Gasteiger partial charge in [0.2, 0.25) is 0 Å². The van der Waals surface area contributed by atoms with Crippen molar-refractivity contribution in [2.45, 2.75) is 18.5 Å². The van der Waals surface area contributed by atoms with Crippen LogP contribution >= 0.6 is 11.6 Å². The maximum Gasteiger partial charge on any atom is 0.325 e. The van der Waals surface area contributed by atoms with E-state index in [1.165, 1.54) is 12.1 Å². The first kappa shape index (κ1) is 14.7. The highest BCUT2D eigenvalue weighted by Gasteiger charge is 2.41. The predicted octanol–water partition coefficient (Wildman–Crippen LogP) is 1.24. The summed E-state index contributed by atoms with van der Waals surface area (Å²) >= 11 is 5.74. The summed E-state index contributed by atoms with van der Waals surface area (Å²) in [5, 5.41) is 19.9. The molecule has 0 aliphatic carbocycles. The zero-order valence-electron chi connectivity index (χ0n) is 10.6. The van der Waals surface area contributed by atoms with Crippen molar-refractivity contribution in [3.63, 3.8) is 0 Å². The molecule has 1 atom stereocenters. The molecule has 1 saturated heterocycles. The van der Waals surface area contributed by atoms with Gasteiger partial charge >= 0.3 is 5.97 Å². The number of benzene rings is 1. The van der Waals surface area contributed by atoms with Crippen molar-refractivity contribution in [3.8, 4) is 0 Å². The molecule has 1 aliphatic heterocycles. The molecule has 20 heavy (non-hydrogen) atoms. The molecule has 108 valence electrons. The van der Waals surface area contributed by atoms with Crippen molar-refractivity contribution < 1.29 is 14.8 Å². The summed E-state index contributed by atoms with van der Waals surface area (Å²) in [6.07, 6.45) is 0.359. The van der Waals surface area contributed by atoms with Gasteiger partial charge in [0.1, 0.15) is 10.6 Å². The van der Waals surface area contributed by atoms with Gasteiger partial charge in [-0.1, -0.05) is 17.7 Å². The smallest absolute Gasteiger partial charge is 0.325 e. The zero-order chi connectivity index (χ0) is 14.9. The van der Waals surface area contributed by atoms with E-state index in [2.05, 4.69) is 0 Å². The third-order valence-electron chi connectivity index (χ3n) is 3.42. The summed E-state index contributed by atoms with van der Waals surface area (Å²) in [4.78, 5) is 23.2. The fourth-order valence-electron chi connectivity index (χ4n) is 2.28. The molecule has 1 heterocycles. The number of carbonyl (C=O) groups is 1. The highest BCUT2D eigenvalue weighted by atomic mass is 35.5. The number of nitro groups is 1. The number of likely N-dealkylation sites (tertiary alicyclic amines) is 1. The lowest BCUT2D eigenvalue weighted by Gasteiger charge is -2.20. The quantitative estimate of drug-likeness (QED) is 0.639. The van der Waals surface area contributed by atoms with E-state index in [0.29, 0.717) is 25.1 Å². The fraction of sp³-hybridized carbons (Fsp3) is 0.417. The van der Waals surface area contributed by atoms with E-state index in [9.17, 15) is 14.9 Å². The molecule has 7 nitrogen and oxygen atoms in total. The lowest BCUT2D eigenvalue weighted by atomic mass is 10.0. The van der Waals surface area contributed by atoms with Gasteiger partial charge in [0.15, 0.2) is 0 Å². The van der Waals surface area contributed by atoms with Gasteiger partial charge in [0.25, 0.3) is 5.69 Å². The number of rotatable bonds is 4. The van der Waals surface area contributed by atoms with Crippen LogP contribution in [0.15, 0.2) is 18.2 Å². The van der Waals surface area contributed by atoms with E-state index in [1.807, 2.05) is 4.90 Å². The Labute approximate surface area is 120 Å². The van der Waals surface area contributed by atoms with E-state index in [4.69, 9.17) is 22.4 Å². The third kappa shape index (κ3) is 2.90. The molecule has 0 saturated carbocycles. The number of hydrogen-bond donors (Lipinski definition) is 2. The Morgan fingerprint density at radius 2 is 2.30 bits per heavy atom. The van der Waals surface area contributed by atoms with Crippen molar-refractivity contribution in [3.05, 3.63) is 38.9 Å². The molecule has 0 spiro atoms. The van der Waals surface area contributed by atoms with Crippen molar-refractivity contribution >= 4 is 23.3 Å². The van der Waals surface area contributed by atoms with Gasteiger partial charge < -0.3 is 10.8 Å². The molecule has 1 aromatic carbocycles. The van der Waals surface area contributed by atoms with E-state index >= 15 is 0 Å². The SMILES string of the molecule is NC1(C(=O)O)CCN(Cc2ccc(Cl)c([N+](=O)[O-])c2)C1. The highest BCUT2D eigenvalue weighted by Crippen LogP contribution is 2.27. The van der Waals surface area contributed by atoms with Gasteiger partial charge in [-0.2, -0.15) is 0 Å². The predicted molar refractivity (Wildman–Crippen MR) is 72.6 cm³/mol. The van der Waals surface area contributed by atoms with E-state index in [-0.39, 0.29) is 17.3 Å². The zero-order valence-corrected chi connectivity index (χ0v) is 11.3. The minimum Gasteiger partial charge on any atom is -0.480 e. The number of halogens is 1. The first-order chi connectivity index (χ1) is 9.32. The Kier molecular flexibility index (Phi) is 3.94. The summed E-state index contributed by atoms with van der Waals surface area (Å²) in [7, 11) is 0.